The lowest BCUT2D eigenvalue weighted by atomic mass is 10.2. The van der Waals surface area contributed by atoms with E-state index in [0.717, 1.165) is 0 Å². The van der Waals surface area contributed by atoms with E-state index >= 15 is 0 Å². The van der Waals surface area contributed by atoms with Gasteiger partial charge in [-0.05, 0) is 12.8 Å². The van der Waals surface area contributed by atoms with Gasteiger partial charge in [-0.15, -0.1) is 0 Å². The molecule has 0 aromatic rings. The van der Waals surface area contributed by atoms with Crippen LogP contribution in [0.15, 0.2) is 0 Å². The summed E-state index contributed by atoms with van der Waals surface area (Å²) < 4.78 is 9.53. The van der Waals surface area contributed by atoms with Gasteiger partial charge in [-0.2, -0.15) is 0 Å². The van der Waals surface area contributed by atoms with Gasteiger partial charge in [-0.25, -0.2) is 4.79 Å². The van der Waals surface area contributed by atoms with Crippen molar-refractivity contribution in [1.29, 1.82) is 0 Å². The van der Waals surface area contributed by atoms with Gasteiger partial charge < -0.3 is 14.8 Å². The van der Waals surface area contributed by atoms with Crippen LogP contribution in [0.5, 0.6) is 0 Å². The lowest BCUT2D eigenvalue weighted by molar-refractivity contribution is -0.142. The van der Waals surface area contributed by atoms with E-state index in [2.05, 4.69) is 5.32 Å². The van der Waals surface area contributed by atoms with Gasteiger partial charge in [0.15, 0.2) is 0 Å². The molecule has 0 saturated carbocycles. The van der Waals surface area contributed by atoms with Crippen LogP contribution in [0, 0.1) is 5.92 Å². The first kappa shape index (κ1) is 13.7. The minimum absolute atomic E-state index is 0.171. The van der Waals surface area contributed by atoms with E-state index < -0.39 is 6.09 Å². The Morgan fingerprint density at radius 2 is 1.93 bits per heavy atom. The maximum absolute atomic E-state index is 11.0. The van der Waals surface area contributed by atoms with Crippen LogP contribution >= 0.6 is 0 Å². The summed E-state index contributed by atoms with van der Waals surface area (Å²) in [4.78, 5) is 21.9. The van der Waals surface area contributed by atoms with Gasteiger partial charge in [-0.1, -0.05) is 13.8 Å². The Kier molecular flexibility index (Phi) is 7.40. The van der Waals surface area contributed by atoms with Crippen molar-refractivity contribution in [2.75, 3.05) is 19.8 Å². The van der Waals surface area contributed by atoms with E-state index in [9.17, 15) is 9.59 Å². The highest BCUT2D eigenvalue weighted by atomic mass is 16.5. The van der Waals surface area contributed by atoms with Gasteiger partial charge in [0.05, 0.1) is 19.6 Å². The quantitative estimate of drug-likeness (QED) is 0.681. The number of carbonyl (C=O) groups is 2. The highest BCUT2D eigenvalue weighted by molar-refractivity contribution is 5.71. The van der Waals surface area contributed by atoms with Crippen LogP contribution in [0.1, 0.15) is 27.2 Å². The molecule has 0 aromatic carbocycles. The first-order valence-electron chi connectivity index (χ1n) is 5.12. The molecule has 5 heteroatoms. The van der Waals surface area contributed by atoms with E-state index in [4.69, 9.17) is 9.47 Å². The summed E-state index contributed by atoms with van der Waals surface area (Å²) in [6.45, 7) is 6.62. The third-order valence-electron chi connectivity index (χ3n) is 1.45. The molecule has 0 saturated heterocycles. The smallest absolute Gasteiger partial charge is 0.407 e. The van der Waals surface area contributed by atoms with Gasteiger partial charge in [0.2, 0.25) is 0 Å². The van der Waals surface area contributed by atoms with E-state index in [1.807, 2.05) is 13.8 Å². The van der Waals surface area contributed by atoms with E-state index in [1.165, 1.54) is 0 Å². The molecule has 0 atom stereocenters. The Morgan fingerprint density at radius 3 is 2.47 bits per heavy atom. The van der Waals surface area contributed by atoms with Crippen molar-refractivity contribution < 1.29 is 19.1 Å². The molecule has 1 amide bonds. The SMILES string of the molecule is CCOC(=O)CCNC(=O)OCC(C)C. The largest absolute Gasteiger partial charge is 0.466 e. The summed E-state index contributed by atoms with van der Waals surface area (Å²) in [5.74, 6) is -0.0116. The lowest BCUT2D eigenvalue weighted by Crippen LogP contribution is -2.28. The molecular formula is C10H19NO4. The number of rotatable bonds is 6. The molecule has 0 heterocycles. The molecule has 0 fully saturated rings. The molecule has 0 aliphatic carbocycles. The van der Waals surface area contributed by atoms with E-state index in [1.54, 1.807) is 6.92 Å². The van der Waals surface area contributed by atoms with Crippen molar-refractivity contribution in [1.82, 2.24) is 5.32 Å². The van der Waals surface area contributed by atoms with Crippen molar-refractivity contribution in [2.24, 2.45) is 5.92 Å². The second-order valence-corrected chi connectivity index (χ2v) is 3.47. The summed E-state index contributed by atoms with van der Waals surface area (Å²) in [6.07, 6.45) is -0.321. The molecule has 0 aliphatic heterocycles. The van der Waals surface area contributed by atoms with E-state index in [-0.39, 0.29) is 18.9 Å². The average Bonchev–Trinajstić information content (AvgIpc) is 2.15. The molecule has 0 unspecified atom stereocenters. The minimum atomic E-state index is -0.493. The predicted octanol–water partition coefficient (Wildman–Crippen LogP) is 1.32. The molecule has 0 bridgehead atoms. The Bertz CT molecular complexity index is 204. The number of carbonyl (C=O) groups excluding carboxylic acids is 2. The molecule has 0 rings (SSSR count). The maximum atomic E-state index is 11.0. The first-order valence-corrected chi connectivity index (χ1v) is 5.12. The number of amides is 1. The van der Waals surface area contributed by atoms with Crippen molar-refractivity contribution in [3.63, 3.8) is 0 Å². The standard InChI is InChI=1S/C10H19NO4/c1-4-14-9(12)5-6-11-10(13)15-7-8(2)3/h8H,4-7H2,1-3H3,(H,11,13). The molecule has 0 spiro atoms. The highest BCUT2D eigenvalue weighted by Crippen LogP contribution is 1.92. The maximum Gasteiger partial charge on any atom is 0.407 e. The van der Waals surface area contributed by atoms with Crippen molar-refractivity contribution in [2.45, 2.75) is 27.2 Å². The fraction of sp³-hybridized carbons (Fsp3) is 0.800. The topological polar surface area (TPSA) is 64.6 Å². The zero-order chi connectivity index (χ0) is 11.7. The van der Waals surface area contributed by atoms with Crippen molar-refractivity contribution >= 4 is 12.1 Å². The van der Waals surface area contributed by atoms with Crippen LogP contribution in [0.25, 0.3) is 0 Å². The fourth-order valence-corrected chi connectivity index (χ4v) is 0.793. The first-order chi connectivity index (χ1) is 7.06. The zero-order valence-corrected chi connectivity index (χ0v) is 9.54. The van der Waals surface area contributed by atoms with Gasteiger partial charge in [0.25, 0.3) is 0 Å². The molecule has 0 radical (unpaired) electrons. The minimum Gasteiger partial charge on any atom is -0.466 e. The van der Waals surface area contributed by atoms with Gasteiger partial charge in [0, 0.05) is 6.54 Å². The molecule has 5 nitrogen and oxygen atoms in total. The number of ether oxygens (including phenoxy) is 2. The van der Waals surface area contributed by atoms with Crippen LogP contribution in [0.2, 0.25) is 0 Å². The number of hydrogen-bond donors (Lipinski definition) is 1. The number of alkyl carbamates (subject to hydrolysis) is 1. The van der Waals surface area contributed by atoms with Crippen LogP contribution in [0.3, 0.4) is 0 Å². The monoisotopic (exact) mass is 217 g/mol. The molecule has 88 valence electrons. The third kappa shape index (κ3) is 9.05. The van der Waals surface area contributed by atoms with Crippen LogP contribution in [-0.4, -0.2) is 31.8 Å². The fourth-order valence-electron chi connectivity index (χ4n) is 0.793. The van der Waals surface area contributed by atoms with Crippen LogP contribution in [-0.2, 0) is 14.3 Å². The second-order valence-electron chi connectivity index (χ2n) is 3.47. The molecule has 0 aromatic heterocycles. The number of nitrogens with one attached hydrogen (secondary N) is 1. The Labute approximate surface area is 90.1 Å². The summed E-state index contributed by atoms with van der Waals surface area (Å²) in [7, 11) is 0. The Balaban J connectivity index is 3.42. The summed E-state index contributed by atoms with van der Waals surface area (Å²) >= 11 is 0. The average molecular weight is 217 g/mol. The summed E-state index contributed by atoms with van der Waals surface area (Å²) in [5, 5.41) is 2.47. The molecular weight excluding hydrogens is 198 g/mol. The summed E-state index contributed by atoms with van der Waals surface area (Å²) in [6, 6.07) is 0. The second kappa shape index (κ2) is 8.08. The number of hydrogen-bond acceptors (Lipinski definition) is 4. The van der Waals surface area contributed by atoms with Gasteiger partial charge in [0.1, 0.15) is 0 Å². The van der Waals surface area contributed by atoms with Gasteiger partial charge in [-0.3, -0.25) is 4.79 Å². The number of esters is 1. The Morgan fingerprint density at radius 1 is 1.27 bits per heavy atom. The molecule has 0 aliphatic rings. The predicted molar refractivity (Wildman–Crippen MR) is 55.4 cm³/mol. The third-order valence-corrected chi connectivity index (χ3v) is 1.45. The van der Waals surface area contributed by atoms with Crippen LogP contribution in [0.4, 0.5) is 4.79 Å². The van der Waals surface area contributed by atoms with Crippen molar-refractivity contribution in [3.05, 3.63) is 0 Å². The van der Waals surface area contributed by atoms with Gasteiger partial charge >= 0.3 is 12.1 Å². The normalized spacial score (nSPS) is 9.87. The Hall–Kier alpha value is -1.26. The van der Waals surface area contributed by atoms with Crippen molar-refractivity contribution in [3.8, 4) is 0 Å². The van der Waals surface area contributed by atoms with E-state index in [0.29, 0.717) is 19.1 Å². The molecule has 15 heavy (non-hydrogen) atoms. The highest BCUT2D eigenvalue weighted by Gasteiger charge is 2.05. The zero-order valence-electron chi connectivity index (χ0n) is 9.54. The lowest BCUT2D eigenvalue weighted by Gasteiger charge is -2.08. The summed E-state index contributed by atoms with van der Waals surface area (Å²) in [5.41, 5.74) is 0. The molecule has 1 N–H and O–H groups in total. The van der Waals surface area contributed by atoms with Crippen LogP contribution < -0.4 is 5.32 Å².